The molecule has 0 spiro atoms. The summed E-state index contributed by atoms with van der Waals surface area (Å²) in [5.74, 6) is 0. The molecule has 7 heavy (non-hydrogen) atoms. The Balaban J connectivity index is -0.0000000800. The van der Waals surface area contributed by atoms with E-state index in [0.717, 1.165) is 0 Å². The van der Waals surface area contributed by atoms with Crippen LogP contribution in [0.5, 0.6) is 0 Å². The van der Waals surface area contributed by atoms with Crippen molar-refractivity contribution in [2.75, 3.05) is 0 Å². The average Bonchev–Trinajstić information content (AvgIpc) is 0.722. The van der Waals surface area contributed by atoms with Gasteiger partial charge in [0.2, 0.25) is 0 Å². The van der Waals surface area contributed by atoms with Gasteiger partial charge in [0.1, 0.15) is 0 Å². The van der Waals surface area contributed by atoms with Crippen LogP contribution < -0.4 is 0 Å². The normalized spacial score (nSPS) is 8.57. The summed E-state index contributed by atoms with van der Waals surface area (Å²) in [5.41, 5.74) is 0. The van der Waals surface area contributed by atoms with Crippen LogP contribution in [0.2, 0.25) is 0 Å². The van der Waals surface area contributed by atoms with Gasteiger partial charge in [0.25, 0.3) is 0 Å². The number of rotatable bonds is 0. The van der Waals surface area contributed by atoms with Gasteiger partial charge in [-0.25, -0.2) is 0 Å². The zero-order valence-corrected chi connectivity index (χ0v) is 8.39. The Morgan fingerprint density at radius 1 is 0.857 bits per heavy atom. The van der Waals surface area contributed by atoms with Crippen LogP contribution in [-0.2, 0) is 0 Å². The predicted molar refractivity (Wildman–Crippen MR) is 42.7 cm³/mol. The summed E-state index contributed by atoms with van der Waals surface area (Å²) in [6, 6.07) is 0. The molecular weight excluding hydrogens is 304 g/mol. The van der Waals surface area contributed by atoms with E-state index in [2.05, 4.69) is 0 Å². The van der Waals surface area contributed by atoms with Crippen LogP contribution in [-0.4, -0.2) is 36.7 Å². The summed E-state index contributed by atoms with van der Waals surface area (Å²) in [7, 11) is 20.1. The van der Waals surface area contributed by atoms with E-state index in [1.165, 1.54) is 0 Å². The second-order valence-electron chi connectivity index (χ2n) is 0.429. The van der Waals surface area contributed by atoms with Gasteiger partial charge in [0.05, 0.1) is 0 Å². The van der Waals surface area contributed by atoms with Crippen molar-refractivity contribution in [3.63, 3.8) is 0 Å². The molecule has 0 fully saturated rings. The fraction of sp³-hybridized carbons (Fsp3) is 0. The molecule has 0 amide bonds. The molecule has 0 saturated carbocycles. The monoisotopic (exact) mass is 308 g/mol. The molecule has 0 saturated heterocycles. The summed E-state index contributed by atoms with van der Waals surface area (Å²) in [6.45, 7) is 0. The summed E-state index contributed by atoms with van der Waals surface area (Å²) < 4.78 is 0. The molecule has 0 heterocycles. The van der Waals surface area contributed by atoms with E-state index in [1.807, 2.05) is 0 Å². The third kappa shape index (κ3) is 58.5. The van der Waals surface area contributed by atoms with Gasteiger partial charge in [0, 0.05) is 0 Å². The molecule has 2 N–H and O–H groups in total. The first-order valence-corrected chi connectivity index (χ1v) is 15.2. The quantitative estimate of drug-likeness (QED) is 0.579. The van der Waals surface area contributed by atoms with Gasteiger partial charge in [-0.05, 0) is 0 Å². The number of halogens is 4. The fourth-order valence-electron chi connectivity index (χ4n) is 0. The van der Waals surface area contributed by atoms with E-state index in [9.17, 15) is 0 Å². The van der Waals surface area contributed by atoms with Crippen molar-refractivity contribution < 1.29 is 5.48 Å². The van der Waals surface area contributed by atoms with Gasteiger partial charge >= 0.3 is 49.6 Å². The van der Waals surface area contributed by atoms with E-state index < -0.39 is 13.9 Å². The number of hydrogen-bond donors (Lipinski definition) is 0. The van der Waals surface area contributed by atoms with Crippen LogP contribution in [0.15, 0.2) is 0 Å². The molecule has 0 aliphatic heterocycles. The summed E-state index contributed by atoms with van der Waals surface area (Å²) >= 11 is -3.29. The molecule has 7 heteroatoms. The van der Waals surface area contributed by atoms with Crippen molar-refractivity contribution in [1.82, 2.24) is 0 Å². The van der Waals surface area contributed by atoms with Gasteiger partial charge < -0.3 is 5.48 Å². The van der Waals surface area contributed by atoms with E-state index in [-0.39, 0.29) is 22.8 Å². The molecule has 0 unspecified atom stereocenters. The van der Waals surface area contributed by atoms with Crippen LogP contribution in [0.1, 0.15) is 0 Å². The van der Waals surface area contributed by atoms with E-state index >= 15 is 0 Å². The van der Waals surface area contributed by atoms with Gasteiger partial charge in [-0.15, -0.1) is 0 Å². The Hall–Kier alpha value is 2.45. The molecule has 0 bridgehead atoms. The minimum absolute atomic E-state index is 0. The van der Waals surface area contributed by atoms with Crippen LogP contribution >= 0.6 is 35.7 Å². The van der Waals surface area contributed by atoms with Crippen molar-refractivity contribution in [1.29, 1.82) is 0 Å². The Morgan fingerprint density at radius 2 is 0.857 bits per heavy atom. The molecule has 0 aliphatic rings. The molecule has 0 aromatic heterocycles. The van der Waals surface area contributed by atoms with E-state index in [0.29, 0.717) is 0 Å². The Labute approximate surface area is 71.4 Å². The van der Waals surface area contributed by atoms with E-state index in [1.54, 1.807) is 0 Å². The molecule has 0 rings (SSSR count). The van der Waals surface area contributed by atoms with Crippen molar-refractivity contribution in [2.45, 2.75) is 0 Å². The van der Waals surface area contributed by atoms with Gasteiger partial charge in [-0.3, -0.25) is 0 Å². The molecule has 0 radical (unpaired) electrons. The third-order valence-electron chi connectivity index (χ3n) is 0. The topological polar surface area (TPSA) is 31.5 Å². The molecule has 0 aliphatic carbocycles. The standard InChI is InChI=1S/Al.4ClH.H2O.Sn.3H/h;4*1H;1H2;;;;/q;;;;;;+4;;;/p-4. The number of hydrogen-bond acceptors (Lipinski definition) is 0. The zero-order valence-electron chi connectivity index (χ0n) is 2.51. The van der Waals surface area contributed by atoms with Gasteiger partial charge in [-0.1, -0.05) is 0 Å². The second kappa shape index (κ2) is 6.57. The fourth-order valence-corrected chi connectivity index (χ4v) is 0. The van der Waals surface area contributed by atoms with Crippen LogP contribution in [0.25, 0.3) is 0 Å². The first-order valence-electron chi connectivity index (χ1n) is 0.756. The average molecular weight is 309 g/mol. The zero-order chi connectivity index (χ0) is 4.50. The van der Waals surface area contributed by atoms with Gasteiger partial charge in [-0.2, -0.15) is 0 Å². The maximum atomic E-state index is 5.04. The maximum absolute atomic E-state index is 5.04. The van der Waals surface area contributed by atoms with Crippen LogP contribution in [0, 0.1) is 0 Å². The molecule has 0 aromatic carbocycles. The predicted octanol–water partition coefficient (Wildman–Crippen LogP) is 0.369. The molecular formula is H5AlCl4OSn. The van der Waals surface area contributed by atoms with Crippen molar-refractivity contribution in [3.8, 4) is 0 Å². The Bertz CT molecular complexity index is 27.2. The Kier molecular flexibility index (Phi) is 15.2. The molecule has 46 valence electrons. The van der Waals surface area contributed by atoms with Crippen molar-refractivity contribution >= 4 is 66.9 Å². The van der Waals surface area contributed by atoms with Crippen molar-refractivity contribution in [3.05, 3.63) is 0 Å². The molecule has 1 nitrogen and oxygen atoms in total. The molecule has 0 atom stereocenters. The summed E-state index contributed by atoms with van der Waals surface area (Å²) in [5, 5.41) is 0. The SMILES string of the molecule is O.[AlH3].[Cl][Sn]([Cl])([Cl])[Cl]. The second-order valence-corrected chi connectivity index (χ2v) is 25.9. The first-order chi connectivity index (χ1) is 2.00. The molecule has 0 aromatic rings. The first kappa shape index (κ1) is 16.2. The van der Waals surface area contributed by atoms with Crippen LogP contribution in [0.4, 0.5) is 0 Å². The summed E-state index contributed by atoms with van der Waals surface area (Å²) in [4.78, 5) is 0. The van der Waals surface area contributed by atoms with E-state index in [4.69, 9.17) is 35.7 Å². The summed E-state index contributed by atoms with van der Waals surface area (Å²) in [6.07, 6.45) is 0. The Morgan fingerprint density at radius 3 is 0.857 bits per heavy atom. The van der Waals surface area contributed by atoms with Crippen molar-refractivity contribution in [2.24, 2.45) is 0 Å². The van der Waals surface area contributed by atoms with Gasteiger partial charge in [0.15, 0.2) is 17.4 Å². The third-order valence-corrected chi connectivity index (χ3v) is 0. The minimum atomic E-state index is -3.29. The van der Waals surface area contributed by atoms with Crippen LogP contribution in [0.3, 0.4) is 0 Å².